The van der Waals surface area contributed by atoms with Gasteiger partial charge in [0.1, 0.15) is 5.01 Å². The van der Waals surface area contributed by atoms with E-state index in [4.69, 9.17) is 10.2 Å². The number of aromatic nitrogens is 1. The Labute approximate surface area is 121 Å². The van der Waals surface area contributed by atoms with Crippen LogP contribution < -0.4 is 0 Å². The van der Waals surface area contributed by atoms with Crippen molar-refractivity contribution >= 4 is 11.3 Å². The Hall–Kier alpha value is -0.920. The first-order valence-electron chi connectivity index (χ1n) is 6.87. The van der Waals surface area contributed by atoms with Crippen LogP contribution >= 0.6 is 11.3 Å². The van der Waals surface area contributed by atoms with Crippen molar-refractivity contribution < 1.29 is 0 Å². The minimum Gasteiger partial charge on any atom is -0.295 e. The summed E-state index contributed by atoms with van der Waals surface area (Å²) in [6.45, 7) is 13.7. The molecular formula is C15H25N3S. The average Bonchev–Trinajstić information content (AvgIpc) is 2.73. The Bertz CT molecular complexity index is 423. The van der Waals surface area contributed by atoms with Crippen molar-refractivity contribution in [3.8, 4) is 6.07 Å². The predicted octanol–water partition coefficient (Wildman–Crippen LogP) is 3.81. The molecule has 19 heavy (non-hydrogen) atoms. The van der Waals surface area contributed by atoms with Crippen molar-refractivity contribution in [1.29, 1.82) is 5.26 Å². The molecule has 0 spiro atoms. The lowest BCUT2D eigenvalue weighted by Crippen LogP contribution is -2.28. The molecule has 0 saturated carbocycles. The predicted molar refractivity (Wildman–Crippen MR) is 81.2 cm³/mol. The van der Waals surface area contributed by atoms with Gasteiger partial charge < -0.3 is 0 Å². The molecule has 0 N–H and O–H groups in total. The summed E-state index contributed by atoms with van der Waals surface area (Å²) in [6.07, 6.45) is 0.588. The van der Waals surface area contributed by atoms with Gasteiger partial charge in [-0.2, -0.15) is 5.26 Å². The van der Waals surface area contributed by atoms with Gasteiger partial charge in [0, 0.05) is 30.3 Å². The van der Waals surface area contributed by atoms with Gasteiger partial charge >= 0.3 is 0 Å². The Morgan fingerprint density at radius 3 is 2.58 bits per heavy atom. The standard InChI is InChI=1S/C15H25N3S/c1-12(2)9-18(8-6-7-16)10-14-17-13(11-19-14)15(3,4)5/h11-12H,6,8-10H2,1-5H3. The Morgan fingerprint density at radius 2 is 2.11 bits per heavy atom. The van der Waals surface area contributed by atoms with Crippen LogP contribution in [0, 0.1) is 17.2 Å². The van der Waals surface area contributed by atoms with E-state index in [0.29, 0.717) is 12.3 Å². The number of thiazole rings is 1. The second-order valence-electron chi connectivity index (χ2n) is 6.41. The molecule has 1 aromatic heterocycles. The van der Waals surface area contributed by atoms with Crippen LogP contribution in [-0.2, 0) is 12.0 Å². The van der Waals surface area contributed by atoms with E-state index in [-0.39, 0.29) is 5.41 Å². The molecule has 0 aliphatic heterocycles. The molecule has 0 unspecified atom stereocenters. The Kier molecular flexibility index (Phi) is 5.96. The fraction of sp³-hybridized carbons (Fsp3) is 0.733. The van der Waals surface area contributed by atoms with Gasteiger partial charge in [-0.25, -0.2) is 4.98 Å². The summed E-state index contributed by atoms with van der Waals surface area (Å²) < 4.78 is 0. The van der Waals surface area contributed by atoms with E-state index in [9.17, 15) is 0 Å². The fourth-order valence-electron chi connectivity index (χ4n) is 1.88. The number of rotatable bonds is 6. The molecule has 4 heteroatoms. The lowest BCUT2D eigenvalue weighted by molar-refractivity contribution is 0.240. The minimum atomic E-state index is 0.115. The molecule has 1 heterocycles. The van der Waals surface area contributed by atoms with Gasteiger partial charge in [-0.15, -0.1) is 11.3 Å². The molecule has 1 rings (SSSR count). The van der Waals surface area contributed by atoms with Crippen LogP contribution in [0.25, 0.3) is 0 Å². The summed E-state index contributed by atoms with van der Waals surface area (Å²) in [6, 6.07) is 2.23. The monoisotopic (exact) mass is 279 g/mol. The first-order valence-corrected chi connectivity index (χ1v) is 7.75. The molecule has 1 aromatic rings. The van der Waals surface area contributed by atoms with Gasteiger partial charge in [0.05, 0.1) is 18.3 Å². The molecule has 106 valence electrons. The van der Waals surface area contributed by atoms with Crippen LogP contribution in [0.2, 0.25) is 0 Å². The summed E-state index contributed by atoms with van der Waals surface area (Å²) in [5.74, 6) is 0.612. The highest BCUT2D eigenvalue weighted by molar-refractivity contribution is 7.09. The summed E-state index contributed by atoms with van der Waals surface area (Å²) in [7, 11) is 0. The van der Waals surface area contributed by atoms with Crippen LogP contribution in [0.15, 0.2) is 5.38 Å². The van der Waals surface area contributed by atoms with Crippen LogP contribution in [-0.4, -0.2) is 23.0 Å². The SMILES string of the molecule is CC(C)CN(CCC#N)Cc1nc(C(C)(C)C)cs1. The lowest BCUT2D eigenvalue weighted by atomic mass is 9.93. The first kappa shape index (κ1) is 16.1. The maximum atomic E-state index is 8.74. The van der Waals surface area contributed by atoms with E-state index in [2.05, 4.69) is 51.0 Å². The smallest absolute Gasteiger partial charge is 0.107 e. The molecule has 0 amide bonds. The van der Waals surface area contributed by atoms with Crippen molar-refractivity contribution in [2.24, 2.45) is 5.92 Å². The molecule has 0 aliphatic rings. The Balaban J connectivity index is 2.68. The van der Waals surface area contributed by atoms with Crippen molar-refractivity contribution in [3.63, 3.8) is 0 Å². The van der Waals surface area contributed by atoms with Crippen molar-refractivity contribution in [2.45, 2.75) is 53.0 Å². The molecule has 0 saturated heterocycles. The quantitative estimate of drug-likeness (QED) is 0.795. The summed E-state index contributed by atoms with van der Waals surface area (Å²) >= 11 is 1.73. The second-order valence-corrected chi connectivity index (χ2v) is 7.36. The number of nitrogens with zero attached hydrogens (tertiary/aromatic N) is 3. The van der Waals surface area contributed by atoms with Gasteiger partial charge in [-0.1, -0.05) is 34.6 Å². The molecule has 0 fully saturated rings. The number of hydrogen-bond donors (Lipinski definition) is 0. The van der Waals surface area contributed by atoms with Crippen molar-refractivity contribution in [2.75, 3.05) is 13.1 Å². The van der Waals surface area contributed by atoms with Crippen LogP contribution in [0.4, 0.5) is 0 Å². The lowest BCUT2D eigenvalue weighted by Gasteiger charge is -2.22. The average molecular weight is 279 g/mol. The van der Waals surface area contributed by atoms with E-state index in [1.54, 1.807) is 11.3 Å². The van der Waals surface area contributed by atoms with Gasteiger partial charge in [0.25, 0.3) is 0 Å². The third kappa shape index (κ3) is 5.71. The highest BCUT2D eigenvalue weighted by atomic mass is 32.1. The van der Waals surface area contributed by atoms with Crippen LogP contribution in [0.5, 0.6) is 0 Å². The highest BCUT2D eigenvalue weighted by Gasteiger charge is 2.18. The molecule has 3 nitrogen and oxygen atoms in total. The topological polar surface area (TPSA) is 39.9 Å². The number of hydrogen-bond acceptors (Lipinski definition) is 4. The van der Waals surface area contributed by atoms with Gasteiger partial charge in [0.15, 0.2) is 0 Å². The van der Waals surface area contributed by atoms with Crippen LogP contribution in [0.1, 0.15) is 51.7 Å². The maximum absolute atomic E-state index is 8.74. The molecule has 0 radical (unpaired) electrons. The second kappa shape index (κ2) is 7.02. The largest absolute Gasteiger partial charge is 0.295 e. The number of nitriles is 1. The minimum absolute atomic E-state index is 0.115. The molecule has 0 atom stereocenters. The summed E-state index contributed by atoms with van der Waals surface area (Å²) in [5, 5.41) is 12.1. The van der Waals surface area contributed by atoms with E-state index in [1.165, 1.54) is 0 Å². The maximum Gasteiger partial charge on any atom is 0.107 e. The van der Waals surface area contributed by atoms with Crippen molar-refractivity contribution in [3.05, 3.63) is 16.1 Å². The summed E-state index contributed by atoms with van der Waals surface area (Å²) in [4.78, 5) is 7.06. The highest BCUT2D eigenvalue weighted by Crippen LogP contribution is 2.24. The zero-order valence-corrected chi connectivity index (χ0v) is 13.5. The fourth-order valence-corrected chi connectivity index (χ4v) is 2.94. The van der Waals surface area contributed by atoms with Gasteiger partial charge in [-0.3, -0.25) is 4.90 Å². The third-order valence-corrected chi connectivity index (χ3v) is 3.68. The van der Waals surface area contributed by atoms with Gasteiger partial charge in [-0.05, 0) is 5.92 Å². The van der Waals surface area contributed by atoms with Crippen LogP contribution in [0.3, 0.4) is 0 Å². The van der Waals surface area contributed by atoms with E-state index >= 15 is 0 Å². The van der Waals surface area contributed by atoms with E-state index in [1.807, 2.05) is 0 Å². The zero-order chi connectivity index (χ0) is 14.5. The van der Waals surface area contributed by atoms with Crippen molar-refractivity contribution in [1.82, 2.24) is 9.88 Å². The zero-order valence-electron chi connectivity index (χ0n) is 12.7. The molecule has 0 aromatic carbocycles. The van der Waals surface area contributed by atoms with Gasteiger partial charge in [0.2, 0.25) is 0 Å². The first-order chi connectivity index (χ1) is 8.82. The normalized spacial score (nSPS) is 12.1. The Morgan fingerprint density at radius 1 is 1.42 bits per heavy atom. The third-order valence-electron chi connectivity index (χ3n) is 2.84. The molecular weight excluding hydrogens is 254 g/mol. The van der Waals surface area contributed by atoms with E-state index < -0.39 is 0 Å². The molecule has 0 aliphatic carbocycles. The van der Waals surface area contributed by atoms with E-state index in [0.717, 1.165) is 30.3 Å². The summed E-state index contributed by atoms with van der Waals surface area (Å²) in [5.41, 5.74) is 1.28. The molecule has 0 bridgehead atoms.